The second kappa shape index (κ2) is 6.41. The number of carbonyl (C=O) groups is 1. The molecule has 1 aromatic heterocycles. The van der Waals surface area contributed by atoms with Crippen LogP contribution in [0.15, 0.2) is 45.7 Å². The highest BCUT2D eigenvalue weighted by atomic mass is 32.2. The Bertz CT molecular complexity index is 756. The van der Waals surface area contributed by atoms with Crippen LogP contribution in [0.5, 0.6) is 0 Å². The minimum absolute atomic E-state index is 0.161. The van der Waals surface area contributed by atoms with Crippen LogP contribution < -0.4 is 0 Å². The topological polar surface area (TPSA) is 45.6 Å². The fourth-order valence-electron chi connectivity index (χ4n) is 1.96. The number of nitrogens with zero attached hydrogens (tertiary/aromatic N) is 3. The summed E-state index contributed by atoms with van der Waals surface area (Å²) < 4.78 is 13.7. The maximum Gasteiger partial charge on any atom is 0.266 e. The fourth-order valence-corrected chi connectivity index (χ4v) is 3.55. The molecule has 112 valence electrons. The minimum Gasteiger partial charge on any atom is -0.287 e. The second-order valence-corrected chi connectivity index (χ2v) is 6.27. The number of hydrogen-bond acceptors (Lipinski definition) is 5. The third-order valence-corrected chi connectivity index (χ3v) is 4.68. The van der Waals surface area contributed by atoms with Crippen LogP contribution in [0, 0.1) is 5.82 Å². The molecule has 0 spiro atoms. The van der Waals surface area contributed by atoms with Gasteiger partial charge in [-0.25, -0.2) is 9.37 Å². The van der Waals surface area contributed by atoms with Gasteiger partial charge in [0.1, 0.15) is 5.82 Å². The van der Waals surface area contributed by atoms with Gasteiger partial charge in [-0.05, 0) is 30.8 Å². The molecule has 0 bridgehead atoms. The zero-order valence-corrected chi connectivity index (χ0v) is 13.3. The number of rotatable bonds is 3. The van der Waals surface area contributed by atoms with Crippen LogP contribution in [0.1, 0.15) is 12.5 Å². The van der Waals surface area contributed by atoms with Crippen LogP contribution in [-0.2, 0) is 4.79 Å². The Kier molecular flexibility index (Phi) is 4.35. The van der Waals surface area contributed by atoms with Crippen molar-refractivity contribution in [1.82, 2.24) is 9.88 Å². The average molecular weight is 333 g/mol. The standard InChI is InChI=1S/C15H12FN3OS2/c1-2-19-13(20)12(9-10-5-3-4-6-11(10)16)22-15(19)18-14-17-7-8-21-14/h3-9H,2H2,1H3/b12-9-,18-15+. The van der Waals surface area contributed by atoms with Crippen molar-refractivity contribution in [2.45, 2.75) is 6.92 Å². The van der Waals surface area contributed by atoms with E-state index in [0.717, 1.165) is 0 Å². The van der Waals surface area contributed by atoms with Crippen molar-refractivity contribution in [3.05, 3.63) is 52.1 Å². The third-order valence-electron chi connectivity index (χ3n) is 3.01. The number of likely N-dealkylation sites (N-methyl/N-ethyl adjacent to an activating group) is 1. The van der Waals surface area contributed by atoms with Gasteiger partial charge in [0, 0.05) is 23.7 Å². The average Bonchev–Trinajstić information content (AvgIpc) is 3.11. The molecule has 2 aromatic rings. The van der Waals surface area contributed by atoms with Gasteiger partial charge in [0.25, 0.3) is 5.91 Å². The lowest BCUT2D eigenvalue weighted by Gasteiger charge is -2.11. The van der Waals surface area contributed by atoms with Crippen molar-refractivity contribution in [1.29, 1.82) is 0 Å². The zero-order valence-electron chi connectivity index (χ0n) is 11.7. The highest BCUT2D eigenvalue weighted by Crippen LogP contribution is 2.34. The summed E-state index contributed by atoms with van der Waals surface area (Å²) in [7, 11) is 0. The lowest BCUT2D eigenvalue weighted by atomic mass is 10.2. The first-order chi connectivity index (χ1) is 10.7. The number of hydrogen-bond donors (Lipinski definition) is 0. The lowest BCUT2D eigenvalue weighted by Crippen LogP contribution is -2.28. The van der Waals surface area contributed by atoms with Crippen LogP contribution in [0.25, 0.3) is 6.08 Å². The molecule has 7 heteroatoms. The van der Waals surface area contributed by atoms with Crippen molar-refractivity contribution in [2.75, 3.05) is 6.54 Å². The summed E-state index contributed by atoms with van der Waals surface area (Å²) in [4.78, 5) is 22.9. The van der Waals surface area contributed by atoms with Gasteiger partial charge in [-0.2, -0.15) is 4.99 Å². The number of thiazole rings is 1. The molecule has 1 amide bonds. The van der Waals surface area contributed by atoms with Gasteiger partial charge in [0.2, 0.25) is 5.13 Å². The van der Waals surface area contributed by atoms with Gasteiger partial charge >= 0.3 is 0 Å². The molecule has 1 aromatic carbocycles. The second-order valence-electron chi connectivity index (χ2n) is 4.39. The monoisotopic (exact) mass is 333 g/mol. The summed E-state index contributed by atoms with van der Waals surface area (Å²) in [6, 6.07) is 6.37. The van der Waals surface area contributed by atoms with Crippen molar-refractivity contribution in [3.63, 3.8) is 0 Å². The van der Waals surface area contributed by atoms with Crippen LogP contribution >= 0.6 is 23.1 Å². The van der Waals surface area contributed by atoms with E-state index in [0.29, 0.717) is 27.3 Å². The number of aromatic nitrogens is 1. The number of amides is 1. The number of halogens is 1. The first-order valence-corrected chi connectivity index (χ1v) is 8.32. The molecular weight excluding hydrogens is 321 g/mol. The molecule has 0 N–H and O–H groups in total. The third kappa shape index (κ3) is 2.95. The summed E-state index contributed by atoms with van der Waals surface area (Å²) in [6.45, 7) is 2.38. The van der Waals surface area contributed by atoms with E-state index in [1.54, 1.807) is 35.4 Å². The zero-order chi connectivity index (χ0) is 15.5. The van der Waals surface area contributed by atoms with E-state index in [1.165, 1.54) is 29.2 Å². The molecule has 0 aliphatic carbocycles. The van der Waals surface area contributed by atoms with Crippen molar-refractivity contribution in [3.8, 4) is 0 Å². The Balaban J connectivity index is 1.95. The van der Waals surface area contributed by atoms with Crippen molar-refractivity contribution >= 4 is 45.4 Å². The number of carbonyl (C=O) groups excluding carboxylic acids is 1. The number of aliphatic imine (C=N–C) groups is 1. The molecule has 1 fully saturated rings. The van der Waals surface area contributed by atoms with Crippen LogP contribution in [0.2, 0.25) is 0 Å². The Morgan fingerprint density at radius 2 is 2.23 bits per heavy atom. The van der Waals surface area contributed by atoms with E-state index in [2.05, 4.69) is 9.98 Å². The van der Waals surface area contributed by atoms with E-state index in [9.17, 15) is 9.18 Å². The molecule has 3 rings (SSSR count). The van der Waals surface area contributed by atoms with Gasteiger partial charge < -0.3 is 0 Å². The molecule has 1 aliphatic rings. The summed E-state index contributed by atoms with van der Waals surface area (Å²) in [6.07, 6.45) is 3.23. The van der Waals surface area contributed by atoms with E-state index < -0.39 is 0 Å². The smallest absolute Gasteiger partial charge is 0.266 e. The predicted molar refractivity (Wildman–Crippen MR) is 88.6 cm³/mol. The van der Waals surface area contributed by atoms with Crippen molar-refractivity contribution < 1.29 is 9.18 Å². The molecule has 22 heavy (non-hydrogen) atoms. The summed E-state index contributed by atoms with van der Waals surface area (Å²) >= 11 is 2.64. The minimum atomic E-state index is -0.350. The first kappa shape index (κ1) is 14.9. The largest absolute Gasteiger partial charge is 0.287 e. The molecule has 1 saturated heterocycles. The van der Waals surface area contributed by atoms with E-state index in [1.807, 2.05) is 12.3 Å². The fraction of sp³-hybridized carbons (Fsp3) is 0.133. The van der Waals surface area contributed by atoms with Gasteiger partial charge in [-0.3, -0.25) is 9.69 Å². The van der Waals surface area contributed by atoms with Gasteiger partial charge in [0.05, 0.1) is 4.91 Å². The summed E-state index contributed by atoms with van der Waals surface area (Å²) in [5, 5.41) is 3.00. The summed E-state index contributed by atoms with van der Waals surface area (Å²) in [5.41, 5.74) is 0.393. The Morgan fingerprint density at radius 3 is 2.91 bits per heavy atom. The molecule has 0 radical (unpaired) electrons. The maximum absolute atomic E-state index is 13.7. The van der Waals surface area contributed by atoms with Crippen molar-refractivity contribution in [2.24, 2.45) is 4.99 Å². The molecule has 0 saturated carbocycles. The maximum atomic E-state index is 13.7. The highest BCUT2D eigenvalue weighted by molar-refractivity contribution is 8.18. The normalized spacial score (nSPS) is 18.6. The lowest BCUT2D eigenvalue weighted by molar-refractivity contribution is -0.122. The molecule has 1 aliphatic heterocycles. The number of benzene rings is 1. The Labute approximate surface area is 135 Å². The molecular formula is C15H12FN3OS2. The highest BCUT2D eigenvalue weighted by Gasteiger charge is 2.32. The Hall–Kier alpha value is -1.99. The first-order valence-electron chi connectivity index (χ1n) is 6.63. The van der Waals surface area contributed by atoms with Crippen LogP contribution in [-0.4, -0.2) is 27.5 Å². The van der Waals surface area contributed by atoms with Gasteiger partial charge in [-0.1, -0.05) is 18.2 Å². The van der Waals surface area contributed by atoms with E-state index in [4.69, 9.17) is 0 Å². The Morgan fingerprint density at radius 1 is 1.41 bits per heavy atom. The van der Waals surface area contributed by atoms with Gasteiger partial charge in [-0.15, -0.1) is 11.3 Å². The molecule has 2 heterocycles. The SMILES string of the molecule is CCN1C(=O)/C(=C/c2ccccc2F)S/C1=N/c1nccs1. The summed E-state index contributed by atoms with van der Waals surface area (Å²) in [5.74, 6) is -0.511. The van der Waals surface area contributed by atoms with E-state index >= 15 is 0 Å². The predicted octanol–water partition coefficient (Wildman–Crippen LogP) is 3.91. The molecule has 4 nitrogen and oxygen atoms in total. The molecule has 0 atom stereocenters. The van der Waals surface area contributed by atoms with Crippen LogP contribution in [0.4, 0.5) is 9.52 Å². The van der Waals surface area contributed by atoms with Crippen LogP contribution in [0.3, 0.4) is 0 Å². The number of amidine groups is 1. The molecule has 0 unspecified atom stereocenters. The van der Waals surface area contributed by atoms with E-state index in [-0.39, 0.29) is 11.7 Å². The van der Waals surface area contributed by atoms with Gasteiger partial charge in [0.15, 0.2) is 5.17 Å². The number of thioether (sulfide) groups is 1. The quantitative estimate of drug-likeness (QED) is 0.800.